The number of rotatable bonds is 2. The highest BCUT2D eigenvalue weighted by molar-refractivity contribution is 7.08. The van der Waals surface area contributed by atoms with Crippen molar-refractivity contribution < 1.29 is 4.79 Å². The minimum atomic E-state index is 0.00692. The SMILES string of the molecule is O=C1C[C@@H](c2ccsc2)c2ncn(-c3cccc(Cl)c3)c2N1. The third-order valence-corrected chi connectivity index (χ3v) is 4.74. The zero-order valence-corrected chi connectivity index (χ0v) is 13.1. The number of aromatic nitrogens is 2. The zero-order valence-electron chi connectivity index (χ0n) is 11.5. The highest BCUT2D eigenvalue weighted by Gasteiger charge is 2.31. The summed E-state index contributed by atoms with van der Waals surface area (Å²) in [5, 5.41) is 7.69. The van der Waals surface area contributed by atoms with Gasteiger partial charge in [-0.1, -0.05) is 17.7 Å². The first kappa shape index (κ1) is 13.5. The molecule has 4 nitrogen and oxygen atoms in total. The molecular formula is C16H12ClN3OS. The number of fused-ring (bicyclic) bond motifs is 1. The van der Waals surface area contributed by atoms with Crippen molar-refractivity contribution in [2.45, 2.75) is 12.3 Å². The molecule has 0 spiro atoms. The van der Waals surface area contributed by atoms with E-state index in [0.717, 1.165) is 22.8 Å². The van der Waals surface area contributed by atoms with Gasteiger partial charge < -0.3 is 5.32 Å². The molecule has 110 valence electrons. The molecule has 0 saturated heterocycles. The number of nitrogens with one attached hydrogen (secondary N) is 1. The average molecular weight is 330 g/mol. The number of carbonyl (C=O) groups excluding carboxylic acids is 1. The standard InChI is InChI=1S/C16H12ClN3OS/c17-11-2-1-3-12(6-11)20-9-18-15-13(10-4-5-22-8-10)7-14(21)19-16(15)20/h1-6,8-9,13H,7H2,(H,19,21)/t13-/m0/s1. The lowest BCUT2D eigenvalue weighted by atomic mass is 9.92. The number of carbonyl (C=O) groups is 1. The molecule has 6 heteroatoms. The minimum Gasteiger partial charge on any atom is -0.310 e. The fourth-order valence-electron chi connectivity index (χ4n) is 2.78. The first-order valence-corrected chi connectivity index (χ1v) is 8.19. The summed E-state index contributed by atoms with van der Waals surface area (Å²) in [5.41, 5.74) is 2.92. The largest absolute Gasteiger partial charge is 0.310 e. The Kier molecular flexibility index (Phi) is 3.24. The number of halogens is 1. The van der Waals surface area contributed by atoms with E-state index in [0.29, 0.717) is 11.4 Å². The van der Waals surface area contributed by atoms with Gasteiger partial charge in [0.2, 0.25) is 5.91 Å². The van der Waals surface area contributed by atoms with E-state index >= 15 is 0 Å². The van der Waals surface area contributed by atoms with Crippen molar-refractivity contribution in [2.75, 3.05) is 5.32 Å². The van der Waals surface area contributed by atoms with Gasteiger partial charge in [0.05, 0.1) is 5.69 Å². The Morgan fingerprint density at radius 3 is 3.05 bits per heavy atom. The summed E-state index contributed by atoms with van der Waals surface area (Å²) < 4.78 is 1.87. The second kappa shape index (κ2) is 5.26. The predicted molar refractivity (Wildman–Crippen MR) is 88.0 cm³/mol. The van der Waals surface area contributed by atoms with Crippen LogP contribution in [0.4, 0.5) is 5.82 Å². The van der Waals surface area contributed by atoms with Crippen molar-refractivity contribution in [1.29, 1.82) is 0 Å². The fraction of sp³-hybridized carbons (Fsp3) is 0.125. The number of hydrogen-bond acceptors (Lipinski definition) is 3. The van der Waals surface area contributed by atoms with Gasteiger partial charge >= 0.3 is 0 Å². The number of amides is 1. The quantitative estimate of drug-likeness (QED) is 0.770. The lowest BCUT2D eigenvalue weighted by molar-refractivity contribution is -0.116. The summed E-state index contributed by atoms with van der Waals surface area (Å²) in [6, 6.07) is 9.54. The summed E-state index contributed by atoms with van der Waals surface area (Å²) in [6.45, 7) is 0. The number of hydrogen-bond donors (Lipinski definition) is 1. The molecule has 3 heterocycles. The van der Waals surface area contributed by atoms with E-state index in [1.54, 1.807) is 17.7 Å². The fourth-order valence-corrected chi connectivity index (χ4v) is 3.68. The van der Waals surface area contributed by atoms with Crippen LogP contribution in [-0.4, -0.2) is 15.5 Å². The van der Waals surface area contributed by atoms with Gasteiger partial charge in [0.15, 0.2) is 0 Å². The lowest BCUT2D eigenvalue weighted by Gasteiger charge is -2.22. The van der Waals surface area contributed by atoms with Crippen molar-refractivity contribution in [1.82, 2.24) is 9.55 Å². The molecule has 2 aromatic heterocycles. The van der Waals surface area contributed by atoms with Crippen LogP contribution in [-0.2, 0) is 4.79 Å². The van der Waals surface area contributed by atoms with Gasteiger partial charge in [-0.15, -0.1) is 0 Å². The maximum Gasteiger partial charge on any atom is 0.226 e. The van der Waals surface area contributed by atoms with E-state index < -0.39 is 0 Å². The first-order valence-electron chi connectivity index (χ1n) is 6.87. The van der Waals surface area contributed by atoms with Crippen LogP contribution in [0.15, 0.2) is 47.4 Å². The second-order valence-corrected chi connectivity index (χ2v) is 6.41. The van der Waals surface area contributed by atoms with Gasteiger partial charge in [-0.2, -0.15) is 11.3 Å². The summed E-state index contributed by atoms with van der Waals surface area (Å²) >= 11 is 7.69. The van der Waals surface area contributed by atoms with E-state index in [1.165, 1.54) is 0 Å². The van der Waals surface area contributed by atoms with Crippen molar-refractivity contribution in [3.8, 4) is 5.69 Å². The van der Waals surface area contributed by atoms with Gasteiger partial charge in [-0.3, -0.25) is 9.36 Å². The molecule has 3 aromatic rings. The molecule has 1 atom stereocenters. The monoisotopic (exact) mass is 329 g/mol. The molecule has 1 amide bonds. The maximum atomic E-state index is 12.1. The van der Waals surface area contributed by atoms with Crippen LogP contribution >= 0.6 is 22.9 Å². The smallest absolute Gasteiger partial charge is 0.226 e. The second-order valence-electron chi connectivity index (χ2n) is 5.19. The molecule has 0 aliphatic carbocycles. The van der Waals surface area contributed by atoms with Crippen molar-refractivity contribution >= 4 is 34.7 Å². The van der Waals surface area contributed by atoms with E-state index in [1.807, 2.05) is 34.2 Å². The van der Waals surface area contributed by atoms with Crippen molar-refractivity contribution in [3.05, 3.63) is 63.7 Å². The van der Waals surface area contributed by atoms with Crippen LogP contribution in [0.25, 0.3) is 5.69 Å². The molecule has 0 bridgehead atoms. The average Bonchev–Trinajstić information content (AvgIpc) is 3.16. The summed E-state index contributed by atoms with van der Waals surface area (Å²) in [7, 11) is 0. The number of nitrogens with zero attached hydrogens (tertiary/aromatic N) is 2. The molecule has 22 heavy (non-hydrogen) atoms. The number of thiophene rings is 1. The Morgan fingerprint density at radius 2 is 2.27 bits per heavy atom. The lowest BCUT2D eigenvalue weighted by Crippen LogP contribution is -2.24. The van der Waals surface area contributed by atoms with Gasteiger partial charge in [-0.05, 0) is 40.6 Å². The van der Waals surface area contributed by atoms with Crippen LogP contribution in [0.2, 0.25) is 5.02 Å². The van der Waals surface area contributed by atoms with E-state index in [-0.39, 0.29) is 11.8 Å². The zero-order chi connectivity index (χ0) is 15.1. The van der Waals surface area contributed by atoms with E-state index in [2.05, 4.69) is 21.7 Å². The molecule has 1 aliphatic heterocycles. The summed E-state index contributed by atoms with van der Waals surface area (Å²) in [4.78, 5) is 16.6. The van der Waals surface area contributed by atoms with Crippen LogP contribution in [0, 0.1) is 0 Å². The number of benzene rings is 1. The van der Waals surface area contributed by atoms with Gasteiger partial charge in [0, 0.05) is 23.0 Å². The van der Waals surface area contributed by atoms with Gasteiger partial charge in [0.1, 0.15) is 12.1 Å². The predicted octanol–water partition coefficient (Wildman–Crippen LogP) is 4.06. The van der Waals surface area contributed by atoms with Gasteiger partial charge in [-0.25, -0.2) is 4.98 Å². The molecule has 1 N–H and O–H groups in total. The Labute approximate surface area is 136 Å². The van der Waals surface area contributed by atoms with Crippen LogP contribution in [0.3, 0.4) is 0 Å². The summed E-state index contributed by atoms with van der Waals surface area (Å²) in [5.74, 6) is 0.748. The normalized spacial score (nSPS) is 17.1. The third-order valence-electron chi connectivity index (χ3n) is 3.81. The molecule has 0 saturated carbocycles. The molecule has 0 fully saturated rings. The number of anilines is 1. The molecule has 4 rings (SSSR count). The highest BCUT2D eigenvalue weighted by atomic mass is 35.5. The van der Waals surface area contributed by atoms with Crippen LogP contribution < -0.4 is 5.32 Å². The Balaban J connectivity index is 1.84. The first-order chi connectivity index (χ1) is 10.7. The topological polar surface area (TPSA) is 46.9 Å². The molecule has 0 unspecified atom stereocenters. The van der Waals surface area contributed by atoms with Crippen molar-refractivity contribution in [2.24, 2.45) is 0 Å². The minimum absolute atomic E-state index is 0.00692. The summed E-state index contributed by atoms with van der Waals surface area (Å²) in [6.07, 6.45) is 2.16. The highest BCUT2D eigenvalue weighted by Crippen LogP contribution is 2.38. The Morgan fingerprint density at radius 1 is 1.36 bits per heavy atom. The number of imidazole rings is 1. The molecule has 1 aromatic carbocycles. The van der Waals surface area contributed by atoms with Gasteiger partial charge in [0.25, 0.3) is 0 Å². The molecule has 0 radical (unpaired) electrons. The molecule has 1 aliphatic rings. The molecular weight excluding hydrogens is 318 g/mol. The van der Waals surface area contributed by atoms with Crippen LogP contribution in [0.5, 0.6) is 0 Å². The Hall–Kier alpha value is -2.11. The van der Waals surface area contributed by atoms with E-state index in [9.17, 15) is 4.79 Å². The Bertz CT molecular complexity index is 841. The maximum absolute atomic E-state index is 12.1. The van der Waals surface area contributed by atoms with E-state index in [4.69, 9.17) is 11.6 Å². The van der Waals surface area contributed by atoms with Crippen LogP contribution in [0.1, 0.15) is 23.6 Å². The van der Waals surface area contributed by atoms with Crippen molar-refractivity contribution in [3.63, 3.8) is 0 Å². The third kappa shape index (κ3) is 2.23.